The quantitative estimate of drug-likeness (QED) is 0.849. The number of hydrogen-bond donors (Lipinski definition) is 1. The van der Waals surface area contributed by atoms with Gasteiger partial charge in [0.2, 0.25) is 0 Å². The molecule has 0 aliphatic carbocycles. The first kappa shape index (κ1) is 13.7. The molecule has 1 aliphatic heterocycles. The Labute approximate surface area is 116 Å². The second kappa shape index (κ2) is 6.45. The largest absolute Gasteiger partial charge is 0.396 e. The van der Waals surface area contributed by atoms with Crippen LogP contribution in [0.15, 0.2) is 28.7 Å². The monoisotopic (exact) mass is 311 g/mol. The van der Waals surface area contributed by atoms with Gasteiger partial charge in [0.25, 0.3) is 0 Å². The highest BCUT2D eigenvalue weighted by Crippen LogP contribution is 2.19. The molecular weight excluding hydrogens is 294 g/mol. The van der Waals surface area contributed by atoms with Gasteiger partial charge in [-0.15, -0.1) is 0 Å². The Balaban J connectivity index is 1.87. The number of hydrogen-bond acceptors (Lipinski definition) is 3. The van der Waals surface area contributed by atoms with E-state index < -0.39 is 0 Å². The fourth-order valence-corrected chi connectivity index (χ4v) is 2.67. The van der Waals surface area contributed by atoms with Crippen LogP contribution in [-0.2, 0) is 0 Å². The lowest BCUT2D eigenvalue weighted by Gasteiger charge is -2.14. The first-order valence-corrected chi connectivity index (χ1v) is 7.10. The van der Waals surface area contributed by atoms with Gasteiger partial charge in [-0.05, 0) is 37.4 Å². The summed E-state index contributed by atoms with van der Waals surface area (Å²) in [5.74, 6) is 0.722. The predicted molar refractivity (Wildman–Crippen MR) is 74.7 cm³/mol. The Hall–Kier alpha value is -0.710. The smallest absolute Gasteiger partial charge is 0.176 e. The Morgan fingerprint density at radius 3 is 2.78 bits per heavy atom. The molecule has 1 atom stereocenters. The minimum Gasteiger partial charge on any atom is -0.396 e. The molecule has 4 heteroatoms. The molecule has 0 saturated carbocycles. The zero-order valence-electron chi connectivity index (χ0n) is 10.3. The van der Waals surface area contributed by atoms with Crippen molar-refractivity contribution in [3.8, 4) is 0 Å². The van der Waals surface area contributed by atoms with Crippen molar-refractivity contribution in [2.24, 2.45) is 5.92 Å². The summed E-state index contributed by atoms with van der Waals surface area (Å²) in [6.45, 7) is 2.64. The van der Waals surface area contributed by atoms with E-state index in [-0.39, 0.29) is 12.4 Å². The number of aliphatic hydroxyl groups is 1. The highest BCUT2D eigenvalue weighted by atomic mass is 79.9. The van der Waals surface area contributed by atoms with Gasteiger partial charge in [0.15, 0.2) is 5.78 Å². The molecule has 0 aromatic heterocycles. The second-order valence-electron chi connectivity index (χ2n) is 4.83. The Morgan fingerprint density at radius 1 is 1.39 bits per heavy atom. The van der Waals surface area contributed by atoms with E-state index in [1.54, 1.807) is 0 Å². The highest BCUT2D eigenvalue weighted by Gasteiger charge is 2.23. The molecule has 1 saturated heterocycles. The summed E-state index contributed by atoms with van der Waals surface area (Å²) < 4.78 is 0.989. The van der Waals surface area contributed by atoms with Crippen molar-refractivity contribution in [1.82, 2.24) is 4.90 Å². The van der Waals surface area contributed by atoms with Crippen LogP contribution in [0.25, 0.3) is 0 Å². The maximum Gasteiger partial charge on any atom is 0.176 e. The summed E-state index contributed by atoms with van der Waals surface area (Å²) in [6.07, 6.45) is 1.94. The van der Waals surface area contributed by atoms with Gasteiger partial charge in [0, 0.05) is 23.2 Å². The van der Waals surface area contributed by atoms with Crippen LogP contribution in [0, 0.1) is 5.92 Å². The zero-order valence-corrected chi connectivity index (χ0v) is 11.9. The SMILES string of the molecule is O=C(CN1CCC(CCO)C1)c1ccc(Br)cc1. The molecule has 18 heavy (non-hydrogen) atoms. The molecule has 1 fully saturated rings. The number of Topliss-reactive ketones (excluding diaryl/α,β-unsaturated/α-hetero) is 1. The molecule has 1 unspecified atom stereocenters. The molecule has 0 bridgehead atoms. The van der Waals surface area contributed by atoms with Crippen LogP contribution >= 0.6 is 15.9 Å². The molecular formula is C14H18BrNO2. The van der Waals surface area contributed by atoms with E-state index >= 15 is 0 Å². The summed E-state index contributed by atoms with van der Waals surface area (Å²) in [7, 11) is 0. The third-order valence-electron chi connectivity index (χ3n) is 3.44. The van der Waals surface area contributed by atoms with E-state index in [1.165, 1.54) is 0 Å². The van der Waals surface area contributed by atoms with E-state index in [4.69, 9.17) is 5.11 Å². The maximum atomic E-state index is 12.1. The van der Waals surface area contributed by atoms with Crippen molar-refractivity contribution in [3.63, 3.8) is 0 Å². The lowest BCUT2D eigenvalue weighted by molar-refractivity contribution is 0.0942. The number of rotatable bonds is 5. The molecule has 0 amide bonds. The third-order valence-corrected chi connectivity index (χ3v) is 3.97. The standard InChI is InChI=1S/C14H18BrNO2/c15-13-3-1-12(2-4-13)14(18)10-16-7-5-11(9-16)6-8-17/h1-4,11,17H,5-10H2. The van der Waals surface area contributed by atoms with Crippen molar-refractivity contribution in [3.05, 3.63) is 34.3 Å². The molecule has 1 heterocycles. The summed E-state index contributed by atoms with van der Waals surface area (Å²) in [5.41, 5.74) is 0.767. The van der Waals surface area contributed by atoms with Crippen LogP contribution in [0.3, 0.4) is 0 Å². The number of benzene rings is 1. The van der Waals surface area contributed by atoms with Crippen molar-refractivity contribution < 1.29 is 9.90 Å². The Bertz CT molecular complexity index is 405. The van der Waals surface area contributed by atoms with Gasteiger partial charge in [0.1, 0.15) is 0 Å². The number of carbonyl (C=O) groups excluding carboxylic acids is 1. The average Bonchev–Trinajstić information content (AvgIpc) is 2.78. The maximum absolute atomic E-state index is 12.1. The van der Waals surface area contributed by atoms with E-state index in [2.05, 4.69) is 20.8 Å². The molecule has 1 aromatic rings. The van der Waals surface area contributed by atoms with Gasteiger partial charge < -0.3 is 5.11 Å². The van der Waals surface area contributed by atoms with Gasteiger partial charge in [-0.2, -0.15) is 0 Å². The number of aliphatic hydroxyl groups excluding tert-OH is 1. The second-order valence-corrected chi connectivity index (χ2v) is 5.75. The molecule has 1 aliphatic rings. The molecule has 1 N–H and O–H groups in total. The number of likely N-dealkylation sites (tertiary alicyclic amines) is 1. The summed E-state index contributed by atoms with van der Waals surface area (Å²) >= 11 is 3.36. The predicted octanol–water partition coefficient (Wildman–Crippen LogP) is 2.34. The van der Waals surface area contributed by atoms with Gasteiger partial charge in [-0.25, -0.2) is 0 Å². The van der Waals surface area contributed by atoms with Gasteiger partial charge in [-0.1, -0.05) is 28.1 Å². The topological polar surface area (TPSA) is 40.5 Å². The third kappa shape index (κ3) is 3.64. The fraction of sp³-hybridized carbons (Fsp3) is 0.500. The minimum absolute atomic E-state index is 0.173. The number of ketones is 1. The fourth-order valence-electron chi connectivity index (χ4n) is 2.40. The molecule has 1 aromatic carbocycles. The zero-order chi connectivity index (χ0) is 13.0. The van der Waals surface area contributed by atoms with Crippen LogP contribution < -0.4 is 0 Å². The first-order valence-electron chi connectivity index (χ1n) is 6.31. The Kier molecular flexibility index (Phi) is 4.92. The average molecular weight is 312 g/mol. The van der Waals surface area contributed by atoms with Crippen LogP contribution in [0.4, 0.5) is 0 Å². The van der Waals surface area contributed by atoms with Crippen LogP contribution in [0.5, 0.6) is 0 Å². The summed E-state index contributed by atoms with van der Waals surface area (Å²) in [5, 5.41) is 8.91. The highest BCUT2D eigenvalue weighted by molar-refractivity contribution is 9.10. The number of halogens is 1. The molecule has 0 radical (unpaired) electrons. The van der Waals surface area contributed by atoms with E-state index in [1.807, 2.05) is 24.3 Å². The van der Waals surface area contributed by atoms with Crippen LogP contribution in [-0.4, -0.2) is 42.0 Å². The Morgan fingerprint density at radius 2 is 2.11 bits per heavy atom. The lowest BCUT2D eigenvalue weighted by Crippen LogP contribution is -2.28. The number of carbonyl (C=O) groups is 1. The van der Waals surface area contributed by atoms with Crippen molar-refractivity contribution in [2.45, 2.75) is 12.8 Å². The molecule has 2 rings (SSSR count). The van der Waals surface area contributed by atoms with Crippen molar-refractivity contribution >= 4 is 21.7 Å². The van der Waals surface area contributed by atoms with Crippen LogP contribution in [0.2, 0.25) is 0 Å². The normalized spacial score (nSPS) is 20.2. The molecule has 0 spiro atoms. The molecule has 3 nitrogen and oxygen atoms in total. The van der Waals surface area contributed by atoms with E-state index in [0.717, 1.165) is 36.0 Å². The van der Waals surface area contributed by atoms with E-state index in [0.29, 0.717) is 12.5 Å². The van der Waals surface area contributed by atoms with Crippen LogP contribution in [0.1, 0.15) is 23.2 Å². The first-order chi connectivity index (χ1) is 8.69. The van der Waals surface area contributed by atoms with E-state index in [9.17, 15) is 4.79 Å². The summed E-state index contributed by atoms with van der Waals surface area (Å²) in [6, 6.07) is 7.50. The lowest BCUT2D eigenvalue weighted by atomic mass is 10.1. The van der Waals surface area contributed by atoms with Gasteiger partial charge in [-0.3, -0.25) is 9.69 Å². The minimum atomic E-state index is 0.173. The van der Waals surface area contributed by atoms with Crippen molar-refractivity contribution in [2.75, 3.05) is 26.2 Å². The number of nitrogens with zero attached hydrogens (tertiary/aromatic N) is 1. The van der Waals surface area contributed by atoms with Crippen molar-refractivity contribution in [1.29, 1.82) is 0 Å². The van der Waals surface area contributed by atoms with Gasteiger partial charge >= 0.3 is 0 Å². The van der Waals surface area contributed by atoms with Gasteiger partial charge in [0.05, 0.1) is 6.54 Å². The molecule has 98 valence electrons. The summed E-state index contributed by atoms with van der Waals surface area (Å²) in [4.78, 5) is 14.3.